The van der Waals surface area contributed by atoms with Crippen molar-refractivity contribution in [1.29, 1.82) is 0 Å². The number of alkyl halides is 3. The summed E-state index contributed by atoms with van der Waals surface area (Å²) in [6.45, 7) is 0. The zero-order valence-corrected chi connectivity index (χ0v) is 7.73. The molecule has 0 heterocycles. The molecule has 0 amide bonds. The van der Waals surface area contributed by atoms with Crippen LogP contribution in [-0.2, 0) is 14.3 Å². The van der Waals surface area contributed by atoms with Crippen molar-refractivity contribution < 1.29 is 25.8 Å². The van der Waals surface area contributed by atoms with Crippen LogP contribution in [0.5, 0.6) is 0 Å². The molecule has 0 spiro atoms. The van der Waals surface area contributed by atoms with E-state index in [-0.39, 0.29) is 5.92 Å². The number of rotatable bonds is 2. The molecule has 2 rings (SSSR count). The van der Waals surface area contributed by atoms with Gasteiger partial charge in [0.15, 0.2) is 0 Å². The van der Waals surface area contributed by atoms with E-state index >= 15 is 0 Å². The molecule has 0 bridgehead atoms. The summed E-state index contributed by atoms with van der Waals surface area (Å²) in [6, 6.07) is 0. The topological polar surface area (TPSA) is 43.4 Å². The molecule has 14 heavy (non-hydrogen) atoms. The van der Waals surface area contributed by atoms with Crippen molar-refractivity contribution in [2.24, 2.45) is 5.92 Å². The molecule has 1 saturated carbocycles. The van der Waals surface area contributed by atoms with Gasteiger partial charge in [0, 0.05) is 0 Å². The summed E-state index contributed by atoms with van der Waals surface area (Å²) in [5.41, 5.74) is -6.51. The first-order valence-corrected chi connectivity index (χ1v) is 5.37. The fraction of sp³-hybridized carbons (Fsp3) is 0.714. The molecule has 0 aromatic rings. The van der Waals surface area contributed by atoms with E-state index in [0.717, 1.165) is 0 Å². The molecule has 7 heteroatoms. The van der Waals surface area contributed by atoms with Crippen LogP contribution < -0.4 is 0 Å². The molecular weight excluding hydrogens is 221 g/mol. The van der Waals surface area contributed by atoms with Crippen LogP contribution in [0.1, 0.15) is 12.8 Å². The molecular formula is C7H7F3O3S. The summed E-state index contributed by atoms with van der Waals surface area (Å²) in [6.07, 6.45) is 3.99. The van der Waals surface area contributed by atoms with Crippen LogP contribution in [0.25, 0.3) is 0 Å². The number of allylic oxidation sites excluding steroid dienone is 1. The van der Waals surface area contributed by atoms with Gasteiger partial charge >= 0.3 is 15.6 Å². The van der Waals surface area contributed by atoms with E-state index in [1.165, 1.54) is 6.08 Å². The Morgan fingerprint density at radius 3 is 2.43 bits per heavy atom. The average Bonchev–Trinajstić information content (AvgIpc) is 2.49. The van der Waals surface area contributed by atoms with Crippen molar-refractivity contribution in [1.82, 2.24) is 0 Å². The Labute approximate surface area is 78.7 Å². The standard InChI is InChI=1S/C7H7F3O3S/c8-7(9,10)14(11,12)13-6-3-1-2-5(6)4-6/h1,3,5H,2,4H2. The fourth-order valence-electron chi connectivity index (χ4n) is 1.63. The Bertz CT molecular complexity index is 383. The second-order valence-electron chi connectivity index (χ2n) is 3.48. The highest BCUT2D eigenvalue weighted by molar-refractivity contribution is 7.87. The van der Waals surface area contributed by atoms with Gasteiger partial charge in [-0.05, 0) is 18.8 Å². The van der Waals surface area contributed by atoms with Gasteiger partial charge in [-0.1, -0.05) is 12.2 Å². The molecule has 0 aromatic carbocycles. The van der Waals surface area contributed by atoms with Crippen molar-refractivity contribution in [2.75, 3.05) is 0 Å². The van der Waals surface area contributed by atoms with Crippen molar-refractivity contribution in [2.45, 2.75) is 24.0 Å². The Balaban J connectivity index is 2.17. The molecule has 2 aliphatic rings. The molecule has 0 radical (unpaired) electrons. The summed E-state index contributed by atoms with van der Waals surface area (Å²) in [5, 5.41) is 0. The Hall–Kier alpha value is -0.560. The van der Waals surface area contributed by atoms with Crippen LogP contribution in [0, 0.1) is 5.92 Å². The highest BCUT2D eigenvalue weighted by Gasteiger charge is 2.62. The molecule has 0 saturated heterocycles. The zero-order chi connectivity index (χ0) is 10.6. The maximum Gasteiger partial charge on any atom is 0.523 e. The summed E-state index contributed by atoms with van der Waals surface area (Å²) < 4.78 is 61.3. The third-order valence-electron chi connectivity index (χ3n) is 2.47. The monoisotopic (exact) mass is 228 g/mol. The first-order valence-electron chi connectivity index (χ1n) is 3.96. The highest BCUT2D eigenvalue weighted by Crippen LogP contribution is 2.56. The van der Waals surface area contributed by atoms with E-state index in [4.69, 9.17) is 0 Å². The lowest BCUT2D eigenvalue weighted by Gasteiger charge is -2.13. The third kappa shape index (κ3) is 1.35. The van der Waals surface area contributed by atoms with Crippen LogP contribution >= 0.6 is 0 Å². The van der Waals surface area contributed by atoms with Gasteiger partial charge in [0.25, 0.3) is 0 Å². The minimum Gasteiger partial charge on any atom is -0.252 e. The van der Waals surface area contributed by atoms with E-state index in [2.05, 4.69) is 4.18 Å². The van der Waals surface area contributed by atoms with Gasteiger partial charge < -0.3 is 0 Å². The van der Waals surface area contributed by atoms with Crippen LogP contribution in [0.3, 0.4) is 0 Å². The maximum absolute atomic E-state index is 11.9. The smallest absolute Gasteiger partial charge is 0.252 e. The van der Waals surface area contributed by atoms with E-state index in [1.807, 2.05) is 0 Å². The Morgan fingerprint density at radius 1 is 1.43 bits per heavy atom. The molecule has 2 unspecified atom stereocenters. The number of fused-ring (bicyclic) bond motifs is 1. The van der Waals surface area contributed by atoms with Gasteiger partial charge in [0.2, 0.25) is 0 Å². The van der Waals surface area contributed by atoms with Crippen LogP contribution in [0.4, 0.5) is 13.2 Å². The van der Waals surface area contributed by atoms with E-state index in [0.29, 0.717) is 12.8 Å². The van der Waals surface area contributed by atoms with E-state index in [1.54, 1.807) is 6.08 Å². The van der Waals surface area contributed by atoms with Crippen LogP contribution in [0.15, 0.2) is 12.2 Å². The molecule has 3 nitrogen and oxygen atoms in total. The molecule has 0 aromatic heterocycles. The Kier molecular flexibility index (Phi) is 1.79. The first-order chi connectivity index (χ1) is 6.27. The maximum atomic E-state index is 11.9. The van der Waals surface area contributed by atoms with Gasteiger partial charge in [0.1, 0.15) is 5.60 Å². The van der Waals surface area contributed by atoms with Crippen LogP contribution in [-0.4, -0.2) is 19.5 Å². The minimum absolute atomic E-state index is 0.0976. The SMILES string of the molecule is O=S(=O)(OC12C=CCC1C2)C(F)(F)F. The minimum atomic E-state index is -5.45. The normalized spacial score (nSPS) is 35.8. The lowest BCUT2D eigenvalue weighted by Crippen LogP contribution is -2.30. The molecule has 0 aliphatic heterocycles. The summed E-state index contributed by atoms with van der Waals surface area (Å²) >= 11 is 0. The van der Waals surface area contributed by atoms with E-state index < -0.39 is 21.2 Å². The zero-order valence-electron chi connectivity index (χ0n) is 6.91. The first kappa shape index (κ1) is 9.97. The third-order valence-corrected chi connectivity index (χ3v) is 3.56. The lowest BCUT2D eigenvalue weighted by molar-refractivity contribution is -0.0572. The van der Waals surface area contributed by atoms with Crippen molar-refractivity contribution in [3.05, 3.63) is 12.2 Å². The second-order valence-corrected chi connectivity index (χ2v) is 5.02. The number of hydrogen-bond acceptors (Lipinski definition) is 3. The molecule has 80 valence electrons. The van der Waals surface area contributed by atoms with Crippen molar-refractivity contribution in [3.8, 4) is 0 Å². The average molecular weight is 228 g/mol. The van der Waals surface area contributed by atoms with Crippen molar-refractivity contribution >= 4 is 10.1 Å². The van der Waals surface area contributed by atoms with Crippen molar-refractivity contribution in [3.63, 3.8) is 0 Å². The largest absolute Gasteiger partial charge is 0.523 e. The van der Waals surface area contributed by atoms with Gasteiger partial charge in [-0.15, -0.1) is 0 Å². The summed E-state index contributed by atoms with van der Waals surface area (Å²) in [5.74, 6) is -0.0976. The molecule has 1 fully saturated rings. The second kappa shape index (κ2) is 2.52. The predicted octanol–water partition coefficient (Wildman–Crippen LogP) is 1.57. The predicted molar refractivity (Wildman–Crippen MR) is 40.7 cm³/mol. The van der Waals surface area contributed by atoms with Gasteiger partial charge in [-0.25, -0.2) is 0 Å². The Morgan fingerprint density at radius 2 is 2.07 bits per heavy atom. The molecule has 2 atom stereocenters. The van der Waals surface area contributed by atoms with Gasteiger partial charge in [-0.3, -0.25) is 4.18 Å². The highest BCUT2D eigenvalue weighted by atomic mass is 32.2. The van der Waals surface area contributed by atoms with E-state index in [9.17, 15) is 21.6 Å². The fourth-order valence-corrected chi connectivity index (χ4v) is 2.39. The lowest BCUT2D eigenvalue weighted by atomic mass is 10.3. The van der Waals surface area contributed by atoms with Gasteiger partial charge in [-0.2, -0.15) is 21.6 Å². The summed E-state index contributed by atoms with van der Waals surface area (Å²) in [4.78, 5) is 0. The van der Waals surface area contributed by atoms with Gasteiger partial charge in [0.05, 0.1) is 0 Å². The molecule has 0 N–H and O–H groups in total. The number of halogens is 3. The number of hydrogen-bond donors (Lipinski definition) is 0. The molecule has 2 aliphatic carbocycles. The summed E-state index contributed by atoms with van der Waals surface area (Å²) in [7, 11) is -5.45. The van der Waals surface area contributed by atoms with Crippen LogP contribution in [0.2, 0.25) is 0 Å². The quantitative estimate of drug-likeness (QED) is 0.409.